The summed E-state index contributed by atoms with van der Waals surface area (Å²) in [6.45, 7) is 1.96. The summed E-state index contributed by atoms with van der Waals surface area (Å²) in [7, 11) is 0. The number of hydrogen-bond acceptors (Lipinski definition) is 4. The van der Waals surface area contributed by atoms with Crippen LogP contribution in [0.1, 0.15) is 44.3 Å². The zero-order valence-electron chi connectivity index (χ0n) is 16.5. The second-order valence-electron chi connectivity index (χ2n) is 7.47. The Kier molecular flexibility index (Phi) is 5.60. The molecule has 3 aromatic rings. The number of nitrogens with zero attached hydrogens (tertiary/aromatic N) is 2. The third-order valence-electron chi connectivity index (χ3n) is 5.43. The maximum absolute atomic E-state index is 12.9. The van der Waals surface area contributed by atoms with Crippen LogP contribution in [0.15, 0.2) is 59.4 Å². The lowest BCUT2D eigenvalue weighted by Crippen LogP contribution is -2.37. The topological polar surface area (TPSA) is 73.2 Å². The Balaban J connectivity index is 1.54. The molecule has 6 heteroatoms. The first kappa shape index (κ1) is 19.2. The molecule has 6 nitrogen and oxygen atoms in total. The van der Waals surface area contributed by atoms with Gasteiger partial charge in [0.15, 0.2) is 6.10 Å². The van der Waals surface area contributed by atoms with Gasteiger partial charge in [-0.2, -0.15) is 5.10 Å². The van der Waals surface area contributed by atoms with Crippen LogP contribution < -0.4 is 15.6 Å². The Morgan fingerprint density at radius 1 is 1.10 bits per heavy atom. The summed E-state index contributed by atoms with van der Waals surface area (Å²) in [6, 6.07) is 16.9. The fourth-order valence-corrected chi connectivity index (χ4v) is 3.87. The monoisotopic (exact) mass is 391 g/mol. The van der Waals surface area contributed by atoms with Gasteiger partial charge in [-0.05, 0) is 38.0 Å². The van der Waals surface area contributed by atoms with Gasteiger partial charge in [0.1, 0.15) is 5.75 Å². The molecule has 0 bridgehead atoms. The molecule has 2 aromatic carbocycles. The van der Waals surface area contributed by atoms with Crippen molar-refractivity contribution in [2.24, 2.45) is 0 Å². The molecule has 150 valence electrons. The lowest BCUT2D eigenvalue weighted by atomic mass is 10.1. The van der Waals surface area contributed by atoms with Crippen LogP contribution in [0.3, 0.4) is 0 Å². The van der Waals surface area contributed by atoms with Gasteiger partial charge in [-0.25, -0.2) is 4.68 Å². The highest BCUT2D eigenvalue weighted by Crippen LogP contribution is 2.28. The molecule has 1 N–H and O–H groups in total. The van der Waals surface area contributed by atoms with E-state index in [1.807, 2.05) is 54.6 Å². The quantitative estimate of drug-likeness (QED) is 0.697. The Labute approximate surface area is 169 Å². The van der Waals surface area contributed by atoms with Gasteiger partial charge >= 0.3 is 0 Å². The van der Waals surface area contributed by atoms with Gasteiger partial charge in [0, 0.05) is 5.39 Å². The summed E-state index contributed by atoms with van der Waals surface area (Å²) in [4.78, 5) is 25.4. The van der Waals surface area contributed by atoms with E-state index in [-0.39, 0.29) is 24.1 Å². The fraction of sp³-hybridized carbons (Fsp3) is 0.348. The number of nitrogens with one attached hydrogen (secondary N) is 1. The Bertz CT molecular complexity index is 1060. The average molecular weight is 391 g/mol. The zero-order valence-corrected chi connectivity index (χ0v) is 16.5. The van der Waals surface area contributed by atoms with Crippen molar-refractivity contribution in [2.75, 3.05) is 0 Å². The molecule has 1 fully saturated rings. The van der Waals surface area contributed by atoms with E-state index in [1.165, 1.54) is 0 Å². The summed E-state index contributed by atoms with van der Waals surface area (Å²) >= 11 is 0. The molecule has 1 aromatic heterocycles. The highest BCUT2D eigenvalue weighted by Gasteiger charge is 2.22. The minimum atomic E-state index is -0.635. The van der Waals surface area contributed by atoms with Crippen LogP contribution in [-0.2, 0) is 11.3 Å². The summed E-state index contributed by atoms with van der Waals surface area (Å²) in [5.41, 5.74) is 0.649. The van der Waals surface area contributed by atoms with Crippen molar-refractivity contribution in [3.05, 3.63) is 70.6 Å². The summed E-state index contributed by atoms with van der Waals surface area (Å²) < 4.78 is 7.31. The molecule has 29 heavy (non-hydrogen) atoms. The van der Waals surface area contributed by atoms with E-state index in [1.54, 1.807) is 11.6 Å². The predicted octanol–water partition coefficient (Wildman–Crippen LogP) is 3.60. The maximum atomic E-state index is 12.9. The highest BCUT2D eigenvalue weighted by molar-refractivity contribution is 5.85. The standard InChI is InChI=1S/C23H25N3O3/c1-16(29-18-11-3-2-4-12-18)22(27)24-15-21-19-13-7-8-14-20(19)23(28)26(25-21)17-9-5-6-10-17/h2-4,7-8,11-14,16-17H,5-6,9-10,15H2,1H3,(H,24,27). The number of benzene rings is 2. The van der Waals surface area contributed by atoms with E-state index in [0.29, 0.717) is 16.8 Å². The van der Waals surface area contributed by atoms with Gasteiger partial charge < -0.3 is 10.1 Å². The number of amides is 1. The fourth-order valence-electron chi connectivity index (χ4n) is 3.87. The van der Waals surface area contributed by atoms with Crippen LogP contribution in [0, 0.1) is 0 Å². The largest absolute Gasteiger partial charge is 0.481 e. The molecular weight excluding hydrogens is 366 g/mol. The minimum Gasteiger partial charge on any atom is -0.481 e. The number of aromatic nitrogens is 2. The van der Waals surface area contributed by atoms with E-state index in [4.69, 9.17) is 4.74 Å². The third-order valence-corrected chi connectivity index (χ3v) is 5.43. The number of ether oxygens (including phenoxy) is 1. The van der Waals surface area contributed by atoms with Gasteiger partial charge in [-0.1, -0.05) is 49.2 Å². The minimum absolute atomic E-state index is 0.0524. The number of para-hydroxylation sites is 1. The molecular formula is C23H25N3O3. The second-order valence-corrected chi connectivity index (χ2v) is 7.47. The van der Waals surface area contributed by atoms with Crippen molar-refractivity contribution < 1.29 is 9.53 Å². The van der Waals surface area contributed by atoms with Gasteiger partial charge in [0.05, 0.1) is 23.7 Å². The number of rotatable bonds is 6. The number of fused-ring (bicyclic) bond motifs is 1. The molecule has 1 amide bonds. The van der Waals surface area contributed by atoms with E-state index >= 15 is 0 Å². The molecule has 4 rings (SSSR count). The van der Waals surface area contributed by atoms with Gasteiger partial charge in [-0.15, -0.1) is 0 Å². The molecule has 1 saturated carbocycles. The van der Waals surface area contributed by atoms with Crippen molar-refractivity contribution in [3.63, 3.8) is 0 Å². The highest BCUT2D eigenvalue weighted by atomic mass is 16.5. The van der Waals surface area contributed by atoms with Crippen molar-refractivity contribution in [3.8, 4) is 5.75 Å². The van der Waals surface area contributed by atoms with Gasteiger partial charge in [0.25, 0.3) is 11.5 Å². The van der Waals surface area contributed by atoms with Crippen LogP contribution in [0.25, 0.3) is 10.8 Å². The normalized spacial score (nSPS) is 15.3. The van der Waals surface area contributed by atoms with E-state index in [9.17, 15) is 9.59 Å². The molecule has 1 atom stereocenters. The van der Waals surface area contributed by atoms with Gasteiger partial charge in [0.2, 0.25) is 0 Å². The molecule has 0 saturated heterocycles. The van der Waals surface area contributed by atoms with Crippen LogP contribution in [0.5, 0.6) is 5.75 Å². The SMILES string of the molecule is CC(Oc1ccccc1)C(=O)NCc1nn(C2CCCC2)c(=O)c2ccccc12. The molecule has 1 aliphatic carbocycles. The van der Waals surface area contributed by atoms with E-state index in [2.05, 4.69) is 10.4 Å². The van der Waals surface area contributed by atoms with Gasteiger partial charge in [-0.3, -0.25) is 9.59 Å². The predicted molar refractivity (Wildman–Crippen MR) is 112 cm³/mol. The lowest BCUT2D eigenvalue weighted by molar-refractivity contribution is -0.127. The molecule has 1 heterocycles. The van der Waals surface area contributed by atoms with E-state index < -0.39 is 6.10 Å². The van der Waals surface area contributed by atoms with Crippen molar-refractivity contribution in [2.45, 2.75) is 51.3 Å². The second kappa shape index (κ2) is 8.47. The van der Waals surface area contributed by atoms with Crippen molar-refractivity contribution in [1.82, 2.24) is 15.1 Å². The lowest BCUT2D eigenvalue weighted by Gasteiger charge is -2.17. The van der Waals surface area contributed by atoms with E-state index in [0.717, 1.165) is 31.1 Å². The van der Waals surface area contributed by atoms with Crippen molar-refractivity contribution >= 4 is 16.7 Å². The third kappa shape index (κ3) is 4.16. The number of carbonyl (C=O) groups is 1. The average Bonchev–Trinajstić information content (AvgIpc) is 3.28. The molecule has 1 unspecified atom stereocenters. The van der Waals surface area contributed by atoms with Crippen LogP contribution in [0.2, 0.25) is 0 Å². The van der Waals surface area contributed by atoms with Crippen molar-refractivity contribution in [1.29, 1.82) is 0 Å². The number of hydrogen-bond donors (Lipinski definition) is 1. The molecule has 1 aliphatic rings. The summed E-state index contributed by atoms with van der Waals surface area (Å²) in [5.74, 6) is 0.423. The first-order valence-corrected chi connectivity index (χ1v) is 10.1. The molecule has 0 spiro atoms. The first-order chi connectivity index (χ1) is 14.1. The van der Waals surface area contributed by atoms with Crippen LogP contribution in [-0.4, -0.2) is 21.8 Å². The smallest absolute Gasteiger partial charge is 0.274 e. The zero-order chi connectivity index (χ0) is 20.2. The van der Waals surface area contributed by atoms with Crippen LogP contribution in [0.4, 0.5) is 0 Å². The molecule has 0 aliphatic heterocycles. The molecule has 0 radical (unpaired) electrons. The first-order valence-electron chi connectivity index (χ1n) is 10.1. The maximum Gasteiger partial charge on any atom is 0.274 e. The number of carbonyl (C=O) groups excluding carboxylic acids is 1. The Morgan fingerprint density at radius 3 is 2.48 bits per heavy atom. The Hall–Kier alpha value is -3.15. The summed E-state index contributed by atoms with van der Waals surface area (Å²) in [6.07, 6.45) is 3.54. The Morgan fingerprint density at radius 2 is 1.76 bits per heavy atom. The van der Waals surface area contributed by atoms with Crippen LogP contribution >= 0.6 is 0 Å². The summed E-state index contributed by atoms with van der Waals surface area (Å²) in [5, 5.41) is 8.98.